The maximum atomic E-state index is 4.53. The first-order valence-corrected chi connectivity index (χ1v) is 11.8. The van der Waals surface area contributed by atoms with Gasteiger partial charge in [0.05, 0.1) is 0 Å². The predicted molar refractivity (Wildman–Crippen MR) is 139 cm³/mol. The van der Waals surface area contributed by atoms with Gasteiger partial charge in [-0.25, -0.2) is 0 Å². The van der Waals surface area contributed by atoms with Gasteiger partial charge in [0.15, 0.2) is 0 Å². The van der Waals surface area contributed by atoms with E-state index in [1.807, 2.05) is 73.1 Å². The van der Waals surface area contributed by atoms with E-state index in [0.717, 1.165) is 28.1 Å². The second-order valence-electron chi connectivity index (χ2n) is 8.35. The summed E-state index contributed by atoms with van der Waals surface area (Å²) in [4.78, 5) is 9.03. The number of pyridine rings is 2. The van der Waals surface area contributed by atoms with Crippen LogP contribution in [0, 0.1) is 12.1 Å². The average Bonchev–Trinajstić information content (AvgIpc) is 2.95. The molecule has 0 saturated heterocycles. The summed E-state index contributed by atoms with van der Waals surface area (Å²) in [5.74, 6) is 0. The van der Waals surface area contributed by atoms with Gasteiger partial charge in [0.25, 0.3) is 0 Å². The van der Waals surface area contributed by atoms with Gasteiger partial charge in [-0.05, 0) is 54.3 Å². The normalized spacial score (nSPS) is 11.9. The molecule has 0 atom stereocenters. The molecule has 0 fully saturated rings. The Hall–Kier alpha value is -3.39. The SMILES string of the molecule is [Ir].[c-]1ccccc1-c1ccc(-c2ccccc2)cn1.[c-]1ccccc1-c1nccc2c1CCCC2. The molecule has 3 heteroatoms. The molecule has 5 aromatic rings. The fourth-order valence-corrected chi connectivity index (χ4v) is 4.34. The van der Waals surface area contributed by atoms with Crippen molar-refractivity contribution < 1.29 is 20.1 Å². The molecule has 35 heavy (non-hydrogen) atoms. The molecule has 0 amide bonds. The second kappa shape index (κ2) is 12.4. The molecule has 2 aromatic heterocycles. The van der Waals surface area contributed by atoms with Crippen LogP contribution in [0.2, 0.25) is 0 Å². The van der Waals surface area contributed by atoms with Crippen LogP contribution < -0.4 is 0 Å². The van der Waals surface area contributed by atoms with Crippen molar-refractivity contribution in [1.29, 1.82) is 0 Å². The van der Waals surface area contributed by atoms with Crippen LogP contribution >= 0.6 is 0 Å². The third-order valence-electron chi connectivity index (χ3n) is 6.10. The van der Waals surface area contributed by atoms with Crippen molar-refractivity contribution in [3.63, 3.8) is 0 Å². The molecule has 1 radical (unpaired) electrons. The molecule has 3 aromatic carbocycles. The van der Waals surface area contributed by atoms with Crippen molar-refractivity contribution in [2.45, 2.75) is 25.7 Å². The fraction of sp³-hybridized carbons (Fsp3) is 0.125. The van der Waals surface area contributed by atoms with Gasteiger partial charge in [0.1, 0.15) is 0 Å². The Morgan fingerprint density at radius 2 is 1.31 bits per heavy atom. The van der Waals surface area contributed by atoms with Gasteiger partial charge >= 0.3 is 0 Å². The molecule has 2 heterocycles. The largest absolute Gasteiger partial charge is 0.304 e. The summed E-state index contributed by atoms with van der Waals surface area (Å²) in [5.41, 5.74) is 9.49. The minimum Gasteiger partial charge on any atom is -0.304 e. The topological polar surface area (TPSA) is 25.8 Å². The summed E-state index contributed by atoms with van der Waals surface area (Å²) in [6.07, 6.45) is 8.82. The Labute approximate surface area is 221 Å². The van der Waals surface area contributed by atoms with Crippen LogP contribution in [0.25, 0.3) is 33.6 Å². The van der Waals surface area contributed by atoms with Crippen LogP contribution in [0.4, 0.5) is 0 Å². The maximum Gasteiger partial charge on any atom is 0.0239 e. The molecule has 1 aliphatic rings. The molecule has 1 aliphatic carbocycles. The van der Waals surface area contributed by atoms with Gasteiger partial charge in [-0.3, -0.25) is 0 Å². The predicted octanol–water partition coefficient (Wildman–Crippen LogP) is 7.64. The van der Waals surface area contributed by atoms with Crippen molar-refractivity contribution >= 4 is 0 Å². The Morgan fingerprint density at radius 3 is 2.00 bits per heavy atom. The Balaban J connectivity index is 0.000000161. The number of hydrogen-bond donors (Lipinski definition) is 0. The van der Waals surface area contributed by atoms with Crippen LogP contribution in [-0.4, -0.2) is 9.97 Å². The standard InChI is InChI=1S/C17H12N.C15H14N.Ir/c1-3-7-14(8-4-1)16-11-12-17(18-13-16)15-9-5-2-6-10-15;1-2-7-13(8-3-1)15-14-9-5-4-6-12(14)10-11-16-15;/h1-9,11-13H;1-3,7,10-11H,4-6,9H2;/q2*-1;. The quantitative estimate of drug-likeness (QED) is 0.192. The third kappa shape index (κ3) is 6.19. The van der Waals surface area contributed by atoms with Crippen molar-refractivity contribution in [2.24, 2.45) is 0 Å². The number of benzene rings is 3. The molecule has 6 rings (SSSR count). The van der Waals surface area contributed by atoms with Gasteiger partial charge in [-0.2, -0.15) is 0 Å². The van der Waals surface area contributed by atoms with E-state index < -0.39 is 0 Å². The summed E-state index contributed by atoms with van der Waals surface area (Å²) in [6.45, 7) is 0. The first-order chi connectivity index (χ1) is 16.9. The van der Waals surface area contributed by atoms with E-state index in [1.165, 1.54) is 42.4 Å². The zero-order chi connectivity index (χ0) is 23.0. The first kappa shape index (κ1) is 24.7. The Bertz CT molecular complexity index is 1260. The van der Waals surface area contributed by atoms with Crippen molar-refractivity contribution in [3.8, 4) is 33.6 Å². The van der Waals surface area contributed by atoms with Crippen LogP contribution in [-0.2, 0) is 32.9 Å². The molecule has 0 bridgehead atoms. The fourth-order valence-electron chi connectivity index (χ4n) is 4.34. The van der Waals surface area contributed by atoms with Crippen LogP contribution in [0.15, 0.2) is 109 Å². The van der Waals surface area contributed by atoms with E-state index in [-0.39, 0.29) is 20.1 Å². The van der Waals surface area contributed by atoms with Gasteiger partial charge in [-0.1, -0.05) is 53.6 Å². The second-order valence-corrected chi connectivity index (χ2v) is 8.35. The van der Waals surface area contributed by atoms with E-state index in [1.54, 1.807) is 0 Å². The van der Waals surface area contributed by atoms with Crippen molar-refractivity contribution in [3.05, 3.63) is 133 Å². The summed E-state index contributed by atoms with van der Waals surface area (Å²) >= 11 is 0. The van der Waals surface area contributed by atoms with Crippen molar-refractivity contribution in [2.75, 3.05) is 0 Å². The molecular formula is C32H26IrN2-2. The van der Waals surface area contributed by atoms with E-state index in [4.69, 9.17) is 0 Å². The molecule has 2 nitrogen and oxygen atoms in total. The zero-order valence-corrected chi connectivity index (χ0v) is 21.8. The summed E-state index contributed by atoms with van der Waals surface area (Å²) < 4.78 is 0. The summed E-state index contributed by atoms with van der Waals surface area (Å²) in [5, 5.41) is 0. The van der Waals surface area contributed by atoms with E-state index in [0.29, 0.717) is 0 Å². The number of aryl methyl sites for hydroxylation is 1. The average molecular weight is 631 g/mol. The summed E-state index contributed by atoms with van der Waals surface area (Å²) in [7, 11) is 0. The van der Waals surface area contributed by atoms with Crippen LogP contribution in [0.3, 0.4) is 0 Å². The molecular weight excluding hydrogens is 605 g/mol. The number of fused-ring (bicyclic) bond motifs is 1. The van der Waals surface area contributed by atoms with E-state index >= 15 is 0 Å². The van der Waals surface area contributed by atoms with E-state index in [9.17, 15) is 0 Å². The summed E-state index contributed by atoms with van der Waals surface area (Å²) in [6, 6.07) is 39.0. The first-order valence-electron chi connectivity index (χ1n) is 11.8. The maximum absolute atomic E-state index is 4.53. The number of hydrogen-bond acceptors (Lipinski definition) is 2. The monoisotopic (exact) mass is 631 g/mol. The minimum absolute atomic E-state index is 0. The Morgan fingerprint density at radius 1 is 0.600 bits per heavy atom. The van der Waals surface area contributed by atoms with Gasteiger partial charge in [-0.15, -0.1) is 71.8 Å². The molecule has 0 saturated carbocycles. The minimum atomic E-state index is 0. The molecule has 0 spiro atoms. The number of rotatable bonds is 3. The van der Waals surface area contributed by atoms with E-state index in [2.05, 4.69) is 58.5 Å². The Kier molecular flexibility index (Phi) is 8.73. The number of nitrogens with zero attached hydrogens (tertiary/aromatic N) is 2. The molecule has 0 N–H and O–H groups in total. The van der Waals surface area contributed by atoms with Gasteiger partial charge in [0, 0.05) is 32.5 Å². The van der Waals surface area contributed by atoms with Gasteiger partial charge in [0.2, 0.25) is 0 Å². The van der Waals surface area contributed by atoms with Crippen LogP contribution in [0.1, 0.15) is 24.0 Å². The van der Waals surface area contributed by atoms with Crippen molar-refractivity contribution in [1.82, 2.24) is 9.97 Å². The molecule has 175 valence electrons. The third-order valence-corrected chi connectivity index (χ3v) is 6.10. The molecule has 0 unspecified atom stereocenters. The molecule has 0 aliphatic heterocycles. The zero-order valence-electron chi connectivity index (χ0n) is 19.4. The number of aromatic nitrogens is 2. The van der Waals surface area contributed by atoms with Gasteiger partial charge < -0.3 is 9.97 Å². The van der Waals surface area contributed by atoms with Crippen LogP contribution in [0.5, 0.6) is 0 Å². The smallest absolute Gasteiger partial charge is 0.0239 e.